The lowest BCUT2D eigenvalue weighted by molar-refractivity contribution is 0.897. The highest BCUT2D eigenvalue weighted by molar-refractivity contribution is 5.74. The van der Waals surface area contributed by atoms with E-state index in [9.17, 15) is 10.1 Å². The quantitative estimate of drug-likeness (QED) is 0.846. The summed E-state index contributed by atoms with van der Waals surface area (Å²) in [4.78, 5) is 14.8. The molecule has 0 amide bonds. The summed E-state index contributed by atoms with van der Waals surface area (Å²) in [6.45, 7) is 2.03. The highest BCUT2D eigenvalue weighted by Crippen LogP contribution is 2.32. The predicted molar refractivity (Wildman–Crippen MR) is 74.0 cm³/mol. The molecule has 1 aliphatic carbocycles. The second kappa shape index (κ2) is 4.40. The van der Waals surface area contributed by atoms with Gasteiger partial charge in [-0.1, -0.05) is 29.8 Å². The number of hydrogen-bond donors (Lipinski definition) is 1. The largest absolute Gasteiger partial charge is 0.325 e. The minimum atomic E-state index is -0.265. The maximum absolute atomic E-state index is 12.0. The second-order valence-electron chi connectivity index (χ2n) is 4.99. The van der Waals surface area contributed by atoms with Gasteiger partial charge in [0.2, 0.25) is 0 Å². The van der Waals surface area contributed by atoms with E-state index in [2.05, 4.69) is 11.1 Å². The average Bonchev–Trinajstić information content (AvgIpc) is 2.86. The lowest BCUT2D eigenvalue weighted by Crippen LogP contribution is -2.15. The van der Waals surface area contributed by atoms with Crippen LogP contribution in [0.1, 0.15) is 28.8 Å². The number of nitrogens with zero attached hydrogens (tertiary/aromatic N) is 1. The maximum Gasteiger partial charge on any atom is 0.266 e. The standard InChI is InChI=1S/C16H14N2O/c1-10-5-7-11(8-6-10)15-12-3-2-4-14(12)18-16(19)13(15)9-17/h5-8H,2-4H2,1H3,(H,18,19). The molecule has 2 aromatic rings. The third-order valence-corrected chi connectivity index (χ3v) is 3.71. The number of nitrogens with one attached hydrogen (secondary N) is 1. The van der Waals surface area contributed by atoms with E-state index in [0.717, 1.165) is 41.6 Å². The SMILES string of the molecule is Cc1ccc(-c2c3c([nH]c(=O)c2C#N)CCC3)cc1. The van der Waals surface area contributed by atoms with Gasteiger partial charge in [0, 0.05) is 11.3 Å². The Morgan fingerprint density at radius 2 is 1.95 bits per heavy atom. The van der Waals surface area contributed by atoms with Crippen molar-refractivity contribution in [3.8, 4) is 17.2 Å². The first kappa shape index (κ1) is 11.7. The van der Waals surface area contributed by atoms with Crippen LogP contribution in [0.5, 0.6) is 0 Å². The third-order valence-electron chi connectivity index (χ3n) is 3.71. The van der Waals surface area contributed by atoms with Crippen molar-refractivity contribution in [2.75, 3.05) is 0 Å². The number of aromatic nitrogens is 1. The van der Waals surface area contributed by atoms with Crippen LogP contribution < -0.4 is 5.56 Å². The van der Waals surface area contributed by atoms with Gasteiger partial charge in [0.05, 0.1) is 0 Å². The van der Waals surface area contributed by atoms with Crippen molar-refractivity contribution in [2.45, 2.75) is 26.2 Å². The van der Waals surface area contributed by atoms with Crippen molar-refractivity contribution in [2.24, 2.45) is 0 Å². The van der Waals surface area contributed by atoms with Crippen LogP contribution in [0.4, 0.5) is 0 Å². The van der Waals surface area contributed by atoms with Crippen LogP contribution in [0, 0.1) is 18.3 Å². The van der Waals surface area contributed by atoms with E-state index in [0.29, 0.717) is 0 Å². The summed E-state index contributed by atoms with van der Waals surface area (Å²) in [5, 5.41) is 9.28. The highest BCUT2D eigenvalue weighted by Gasteiger charge is 2.22. The first-order chi connectivity index (χ1) is 9.20. The van der Waals surface area contributed by atoms with Crippen LogP contribution in [0.2, 0.25) is 0 Å². The van der Waals surface area contributed by atoms with Gasteiger partial charge in [0.15, 0.2) is 0 Å². The van der Waals surface area contributed by atoms with E-state index in [1.54, 1.807) is 0 Å². The first-order valence-electron chi connectivity index (χ1n) is 6.46. The summed E-state index contributed by atoms with van der Waals surface area (Å²) in [6, 6.07) is 10.1. The fraction of sp³-hybridized carbons (Fsp3) is 0.250. The van der Waals surface area contributed by atoms with Crippen molar-refractivity contribution in [1.82, 2.24) is 4.98 Å². The van der Waals surface area contributed by atoms with Crippen molar-refractivity contribution in [3.63, 3.8) is 0 Å². The van der Waals surface area contributed by atoms with Gasteiger partial charge < -0.3 is 4.98 Å². The van der Waals surface area contributed by atoms with E-state index in [-0.39, 0.29) is 11.1 Å². The molecule has 0 aliphatic heterocycles. The smallest absolute Gasteiger partial charge is 0.266 e. The molecule has 0 unspecified atom stereocenters. The zero-order chi connectivity index (χ0) is 13.4. The molecule has 3 heteroatoms. The van der Waals surface area contributed by atoms with Gasteiger partial charge in [-0.2, -0.15) is 5.26 Å². The van der Waals surface area contributed by atoms with Crippen LogP contribution in [-0.2, 0) is 12.8 Å². The van der Waals surface area contributed by atoms with Crippen molar-refractivity contribution >= 4 is 0 Å². The Balaban J connectivity index is 2.34. The van der Waals surface area contributed by atoms with E-state index in [1.165, 1.54) is 5.56 Å². The molecule has 3 nitrogen and oxygen atoms in total. The van der Waals surface area contributed by atoms with Crippen LogP contribution in [0.25, 0.3) is 11.1 Å². The number of nitriles is 1. The zero-order valence-electron chi connectivity index (χ0n) is 10.8. The number of aryl methyl sites for hydroxylation is 2. The Kier molecular flexibility index (Phi) is 2.72. The number of benzene rings is 1. The summed E-state index contributed by atoms with van der Waals surface area (Å²) in [7, 11) is 0. The zero-order valence-corrected chi connectivity index (χ0v) is 10.8. The lowest BCUT2D eigenvalue weighted by atomic mass is 9.95. The Morgan fingerprint density at radius 1 is 1.21 bits per heavy atom. The van der Waals surface area contributed by atoms with E-state index in [4.69, 9.17) is 0 Å². The Morgan fingerprint density at radius 3 is 2.63 bits per heavy atom. The molecule has 0 atom stereocenters. The monoisotopic (exact) mass is 250 g/mol. The number of pyridine rings is 1. The van der Waals surface area contributed by atoms with Crippen LogP contribution in [0.3, 0.4) is 0 Å². The molecule has 0 bridgehead atoms. The third kappa shape index (κ3) is 1.86. The minimum Gasteiger partial charge on any atom is -0.325 e. The lowest BCUT2D eigenvalue weighted by Gasteiger charge is -2.10. The van der Waals surface area contributed by atoms with E-state index in [1.807, 2.05) is 31.2 Å². The molecule has 0 fully saturated rings. The molecule has 0 radical (unpaired) electrons. The van der Waals surface area contributed by atoms with Gasteiger partial charge in [0.25, 0.3) is 5.56 Å². The van der Waals surface area contributed by atoms with Gasteiger partial charge in [-0.25, -0.2) is 0 Å². The molecule has 1 aliphatic rings. The van der Waals surface area contributed by atoms with Gasteiger partial charge in [-0.3, -0.25) is 4.79 Å². The van der Waals surface area contributed by atoms with Crippen LogP contribution in [-0.4, -0.2) is 4.98 Å². The van der Waals surface area contributed by atoms with Crippen molar-refractivity contribution in [1.29, 1.82) is 5.26 Å². The Bertz CT molecular complexity index is 733. The van der Waals surface area contributed by atoms with Crippen molar-refractivity contribution in [3.05, 3.63) is 57.0 Å². The molecule has 1 heterocycles. The van der Waals surface area contributed by atoms with Gasteiger partial charge in [-0.05, 0) is 37.3 Å². The molecule has 1 N–H and O–H groups in total. The Labute approximate surface area is 111 Å². The molecule has 0 saturated heterocycles. The molecule has 1 aromatic heterocycles. The summed E-state index contributed by atoms with van der Waals surface area (Å²) in [6.07, 6.45) is 2.87. The number of aromatic amines is 1. The average molecular weight is 250 g/mol. The fourth-order valence-corrected chi connectivity index (χ4v) is 2.77. The van der Waals surface area contributed by atoms with Gasteiger partial charge in [0.1, 0.15) is 11.6 Å². The summed E-state index contributed by atoms with van der Waals surface area (Å²) in [5.74, 6) is 0. The van der Waals surface area contributed by atoms with Crippen molar-refractivity contribution < 1.29 is 0 Å². The topological polar surface area (TPSA) is 56.6 Å². The molecule has 94 valence electrons. The molecular weight excluding hydrogens is 236 g/mol. The van der Waals surface area contributed by atoms with E-state index < -0.39 is 0 Å². The summed E-state index contributed by atoms with van der Waals surface area (Å²) < 4.78 is 0. The minimum absolute atomic E-state index is 0.240. The highest BCUT2D eigenvalue weighted by atomic mass is 16.1. The normalized spacial score (nSPS) is 13.1. The summed E-state index contributed by atoms with van der Waals surface area (Å²) >= 11 is 0. The number of H-pyrrole nitrogens is 1. The first-order valence-corrected chi connectivity index (χ1v) is 6.46. The predicted octanol–water partition coefficient (Wildman–Crippen LogP) is 2.71. The fourth-order valence-electron chi connectivity index (χ4n) is 2.77. The van der Waals surface area contributed by atoms with Gasteiger partial charge in [-0.15, -0.1) is 0 Å². The number of fused-ring (bicyclic) bond motifs is 1. The van der Waals surface area contributed by atoms with Gasteiger partial charge >= 0.3 is 0 Å². The maximum atomic E-state index is 12.0. The van der Waals surface area contributed by atoms with Crippen LogP contribution in [0.15, 0.2) is 29.1 Å². The molecule has 0 saturated carbocycles. The molecule has 3 rings (SSSR count). The molecular formula is C16H14N2O. The molecule has 0 spiro atoms. The number of hydrogen-bond acceptors (Lipinski definition) is 2. The molecule has 19 heavy (non-hydrogen) atoms. The number of rotatable bonds is 1. The second-order valence-corrected chi connectivity index (χ2v) is 4.99. The van der Waals surface area contributed by atoms with E-state index >= 15 is 0 Å². The molecule has 1 aromatic carbocycles. The van der Waals surface area contributed by atoms with Crippen LogP contribution >= 0.6 is 0 Å². The summed E-state index contributed by atoms with van der Waals surface area (Å²) in [5.41, 5.74) is 5.08. The Hall–Kier alpha value is -2.34.